The van der Waals surface area contributed by atoms with Crippen LogP contribution in [0.2, 0.25) is 0 Å². The Hall–Kier alpha value is -1.17. The van der Waals surface area contributed by atoms with Gasteiger partial charge in [0.05, 0.1) is 6.04 Å². The van der Waals surface area contributed by atoms with Gasteiger partial charge >= 0.3 is 0 Å². The van der Waals surface area contributed by atoms with Crippen LogP contribution in [0.15, 0.2) is 0 Å². The van der Waals surface area contributed by atoms with Crippen LogP contribution < -0.4 is 11.1 Å². The number of carbonyl (C=O) groups is 1. The van der Waals surface area contributed by atoms with Crippen molar-refractivity contribution in [2.75, 3.05) is 13.6 Å². The van der Waals surface area contributed by atoms with Crippen LogP contribution in [0.25, 0.3) is 0 Å². The summed E-state index contributed by atoms with van der Waals surface area (Å²) in [7, 11) is 1.14. The molecule has 0 fully saturated rings. The van der Waals surface area contributed by atoms with Crippen LogP contribution in [0.5, 0.6) is 0 Å². The second kappa shape index (κ2) is 6.31. The highest BCUT2D eigenvalue weighted by Crippen LogP contribution is 1.94. The largest absolute Gasteiger partial charge is 0.354 e. The molecule has 6 heteroatoms. The van der Waals surface area contributed by atoms with Gasteiger partial charge < -0.3 is 11.1 Å². The first-order valence-corrected chi connectivity index (χ1v) is 4.43. The van der Waals surface area contributed by atoms with Crippen molar-refractivity contribution in [2.24, 2.45) is 5.73 Å². The summed E-state index contributed by atoms with van der Waals surface area (Å²) in [5.41, 5.74) is 5.48. The first-order valence-electron chi connectivity index (χ1n) is 4.43. The Morgan fingerprint density at radius 1 is 1.71 bits per heavy atom. The summed E-state index contributed by atoms with van der Waals surface area (Å²) in [4.78, 5) is 10.7. The second-order valence-electron chi connectivity index (χ2n) is 3.11. The quantitative estimate of drug-likeness (QED) is 0.255. The van der Waals surface area contributed by atoms with Crippen LogP contribution in [0.3, 0.4) is 0 Å². The fourth-order valence-electron chi connectivity index (χ4n) is 0.841. The topological polar surface area (TPSA) is 82.2 Å². The number of halogens is 1. The van der Waals surface area contributed by atoms with Gasteiger partial charge in [-0.1, -0.05) is 4.48 Å². The number of hydrogen-bond donors (Lipinski definition) is 3. The van der Waals surface area contributed by atoms with Crippen molar-refractivity contribution >= 4 is 11.7 Å². The van der Waals surface area contributed by atoms with Gasteiger partial charge in [-0.05, 0) is 19.8 Å². The van der Waals surface area contributed by atoms with Gasteiger partial charge in [0.1, 0.15) is 5.78 Å². The fourth-order valence-corrected chi connectivity index (χ4v) is 0.841. The molecule has 0 saturated heterocycles. The number of nitrogens with two attached hydrogens (primary N) is 1. The van der Waals surface area contributed by atoms with Crippen molar-refractivity contribution in [1.82, 2.24) is 10.4 Å². The van der Waals surface area contributed by atoms with E-state index in [4.69, 9.17) is 11.1 Å². The van der Waals surface area contributed by atoms with Crippen molar-refractivity contribution in [2.45, 2.75) is 25.8 Å². The Labute approximate surface area is 82.9 Å². The maximum Gasteiger partial charge on any atom is 0.219 e. The number of nitrogens with zero attached hydrogens (tertiary/aromatic N) is 1. The van der Waals surface area contributed by atoms with Crippen LogP contribution in [0, 0.1) is 5.41 Å². The van der Waals surface area contributed by atoms with Gasteiger partial charge in [-0.3, -0.25) is 10.2 Å². The van der Waals surface area contributed by atoms with Crippen molar-refractivity contribution in [1.29, 1.82) is 5.41 Å². The summed E-state index contributed by atoms with van der Waals surface area (Å²) < 4.78 is 12.3. The molecule has 1 atom stereocenters. The maximum absolute atomic E-state index is 12.3. The van der Waals surface area contributed by atoms with Gasteiger partial charge in [0.15, 0.2) is 0 Å². The van der Waals surface area contributed by atoms with Gasteiger partial charge in [0.2, 0.25) is 5.96 Å². The molecular weight excluding hydrogens is 187 g/mol. The molecule has 5 nitrogen and oxygen atoms in total. The lowest BCUT2D eigenvalue weighted by Crippen LogP contribution is -2.35. The number of rotatable bonds is 5. The molecule has 1 unspecified atom stereocenters. The molecule has 0 aromatic heterocycles. The molecule has 0 aromatic carbocycles. The number of nitrogens with one attached hydrogen (secondary N) is 2. The predicted octanol–water partition coefficient (Wildman–Crippen LogP) is 0.0236. The minimum absolute atomic E-state index is 0.0531. The highest BCUT2D eigenvalue weighted by atomic mass is 19.2. The minimum atomic E-state index is -0.450. The average Bonchev–Trinajstić information content (AvgIpc) is 2.11. The summed E-state index contributed by atoms with van der Waals surface area (Å²) in [5, 5.41) is 9.78. The Kier molecular flexibility index (Phi) is 5.78. The van der Waals surface area contributed by atoms with Crippen LogP contribution in [-0.2, 0) is 4.79 Å². The van der Waals surface area contributed by atoms with Crippen LogP contribution in [0.1, 0.15) is 19.8 Å². The first kappa shape index (κ1) is 12.8. The normalized spacial score (nSPS) is 12.0. The summed E-state index contributed by atoms with van der Waals surface area (Å²) >= 11 is 0. The van der Waals surface area contributed by atoms with E-state index in [0.717, 1.165) is 7.05 Å². The van der Waals surface area contributed by atoms with Crippen LogP contribution in [-0.4, -0.2) is 36.5 Å². The van der Waals surface area contributed by atoms with Gasteiger partial charge in [0, 0.05) is 13.6 Å². The summed E-state index contributed by atoms with van der Waals surface area (Å²) in [6, 6.07) is -0.450. The zero-order chi connectivity index (χ0) is 11.1. The lowest BCUT2D eigenvalue weighted by molar-refractivity contribution is -0.118. The molecule has 0 rings (SSSR count). The first-order chi connectivity index (χ1) is 6.45. The van der Waals surface area contributed by atoms with Gasteiger partial charge in [0.25, 0.3) is 0 Å². The highest BCUT2D eigenvalue weighted by Gasteiger charge is 2.07. The molecule has 0 amide bonds. The van der Waals surface area contributed by atoms with Gasteiger partial charge in [-0.15, -0.1) is 0 Å². The Morgan fingerprint density at radius 3 is 2.71 bits per heavy atom. The zero-order valence-corrected chi connectivity index (χ0v) is 8.51. The minimum Gasteiger partial charge on any atom is -0.354 e. The van der Waals surface area contributed by atoms with Crippen molar-refractivity contribution in [3.05, 3.63) is 0 Å². The number of ketones is 1. The third-order valence-electron chi connectivity index (χ3n) is 1.81. The van der Waals surface area contributed by atoms with Gasteiger partial charge in [-0.2, -0.15) is 5.12 Å². The maximum atomic E-state index is 12.3. The van der Waals surface area contributed by atoms with Crippen LogP contribution in [0.4, 0.5) is 4.48 Å². The van der Waals surface area contributed by atoms with Crippen molar-refractivity contribution in [3.63, 3.8) is 0 Å². The molecule has 0 bridgehead atoms. The van der Waals surface area contributed by atoms with E-state index in [1.807, 2.05) is 0 Å². The molecular formula is C8H17FN4O. The molecule has 4 N–H and O–H groups in total. The van der Waals surface area contributed by atoms with E-state index in [9.17, 15) is 9.28 Å². The molecule has 14 heavy (non-hydrogen) atoms. The lowest BCUT2D eigenvalue weighted by Gasteiger charge is -2.12. The number of hydrogen-bond acceptors (Lipinski definition) is 3. The smallest absolute Gasteiger partial charge is 0.219 e. The second-order valence-corrected chi connectivity index (χ2v) is 3.11. The molecule has 0 aliphatic carbocycles. The molecule has 0 heterocycles. The predicted molar refractivity (Wildman–Crippen MR) is 52.5 cm³/mol. The third-order valence-corrected chi connectivity index (χ3v) is 1.81. The van der Waals surface area contributed by atoms with Crippen molar-refractivity contribution < 1.29 is 9.28 Å². The fraction of sp³-hybridized carbons (Fsp3) is 0.750. The van der Waals surface area contributed by atoms with Crippen molar-refractivity contribution in [3.8, 4) is 0 Å². The summed E-state index contributed by atoms with van der Waals surface area (Å²) in [5.74, 6) is -0.343. The number of carbonyl (C=O) groups excluding carboxylic acids is 1. The van der Waals surface area contributed by atoms with E-state index in [2.05, 4.69) is 5.32 Å². The third kappa shape index (κ3) is 5.47. The van der Waals surface area contributed by atoms with E-state index in [-0.39, 0.29) is 16.9 Å². The van der Waals surface area contributed by atoms with E-state index in [1.165, 1.54) is 6.92 Å². The SMILES string of the molecule is CC(=O)C(N)CCCNC(=N)N(C)F. The monoisotopic (exact) mass is 204 g/mol. The van der Waals surface area contributed by atoms with E-state index >= 15 is 0 Å². The standard InChI is InChI=1S/C8H17FN4O/c1-6(14)7(10)4-3-5-12-8(11)13(2)9/h7H,3-5,10H2,1-2H3,(H2,11,12). The Balaban J connectivity index is 3.47. The molecule has 0 saturated carbocycles. The lowest BCUT2D eigenvalue weighted by atomic mass is 10.1. The zero-order valence-electron chi connectivity index (χ0n) is 8.51. The molecule has 0 aliphatic rings. The molecule has 0 spiro atoms. The van der Waals surface area contributed by atoms with E-state index < -0.39 is 6.04 Å². The Morgan fingerprint density at radius 2 is 2.29 bits per heavy atom. The molecule has 82 valence electrons. The van der Waals surface area contributed by atoms with E-state index in [0.29, 0.717) is 19.4 Å². The van der Waals surface area contributed by atoms with Crippen LogP contribution >= 0.6 is 0 Å². The summed E-state index contributed by atoms with van der Waals surface area (Å²) in [6.07, 6.45) is 1.18. The van der Waals surface area contributed by atoms with E-state index in [1.54, 1.807) is 0 Å². The number of guanidine groups is 1. The molecule has 0 radical (unpaired) electrons. The molecule has 0 aromatic rings. The number of Topliss-reactive ketones (excluding diaryl/α,β-unsaturated/α-hetero) is 1. The highest BCUT2D eigenvalue weighted by molar-refractivity contribution is 5.81. The average molecular weight is 204 g/mol. The molecule has 0 aliphatic heterocycles. The summed E-state index contributed by atoms with van der Waals surface area (Å²) in [6.45, 7) is 1.88. The Bertz CT molecular complexity index is 208. The van der Waals surface area contributed by atoms with Gasteiger partial charge in [-0.25, -0.2) is 0 Å².